The third-order valence-corrected chi connectivity index (χ3v) is 11.6. The fourth-order valence-electron chi connectivity index (χ4n) is 8.37. The quantitative estimate of drug-likeness (QED) is 0.107. The van der Waals surface area contributed by atoms with Crippen LogP contribution in [0.25, 0.3) is 39.0 Å². The molecule has 1 atom stereocenters. The van der Waals surface area contributed by atoms with Crippen LogP contribution in [0, 0.1) is 0 Å². The van der Waals surface area contributed by atoms with Crippen molar-refractivity contribution in [3.8, 4) is 22.3 Å². The molecule has 2 heteroatoms. The molecule has 1 aliphatic carbocycles. The van der Waals surface area contributed by atoms with Crippen molar-refractivity contribution in [3.63, 3.8) is 0 Å². The highest BCUT2D eigenvalue weighted by molar-refractivity contribution is 5.83. The maximum atomic E-state index is 2.47. The van der Waals surface area contributed by atoms with Gasteiger partial charge in [0.2, 0.25) is 0 Å². The van der Waals surface area contributed by atoms with Crippen LogP contribution in [0.1, 0.15) is 50.8 Å². The van der Waals surface area contributed by atoms with Gasteiger partial charge in [-0.15, -0.1) is 0 Å². The molecule has 7 aromatic rings. The van der Waals surface area contributed by atoms with E-state index in [1.165, 1.54) is 61.4 Å². The van der Waals surface area contributed by atoms with Crippen molar-refractivity contribution in [2.75, 3.05) is 9.80 Å². The van der Waals surface area contributed by atoms with Crippen molar-refractivity contribution < 1.29 is 0 Å². The summed E-state index contributed by atoms with van der Waals surface area (Å²) in [5.41, 5.74) is 17.8. The van der Waals surface area contributed by atoms with Gasteiger partial charge in [-0.05, 0) is 150 Å². The third-order valence-electron chi connectivity index (χ3n) is 11.6. The first-order chi connectivity index (χ1) is 30.6. The SMILES string of the molecule is C/C=C\C(=C/C)c1ccc(N(c2ccc(-c3ccccc3)cc2)c2ccc(-c3ccc(N(c4ccc(C(/C=C\C)=C/C)cc4)C4C=CC(c5ccccc5)=CC4)cc3)cc2)cc1. The monoisotopic (exact) mass is 802 g/mol. The molecule has 0 N–H and O–H groups in total. The molecule has 8 rings (SSSR count). The molecule has 62 heavy (non-hydrogen) atoms. The first-order valence-corrected chi connectivity index (χ1v) is 21.7. The Morgan fingerprint density at radius 1 is 0.419 bits per heavy atom. The van der Waals surface area contributed by atoms with Gasteiger partial charge in [-0.1, -0.05) is 176 Å². The maximum Gasteiger partial charge on any atom is 0.0560 e. The van der Waals surface area contributed by atoms with E-state index in [2.05, 4.69) is 274 Å². The summed E-state index contributed by atoms with van der Waals surface area (Å²) in [5.74, 6) is 0. The van der Waals surface area contributed by atoms with Crippen LogP contribution in [0.15, 0.2) is 237 Å². The molecule has 0 aliphatic heterocycles. The number of hydrogen-bond acceptors (Lipinski definition) is 2. The summed E-state index contributed by atoms with van der Waals surface area (Å²) in [4.78, 5) is 4.81. The van der Waals surface area contributed by atoms with Crippen LogP contribution in [-0.4, -0.2) is 6.04 Å². The molecule has 0 saturated carbocycles. The highest BCUT2D eigenvalue weighted by atomic mass is 15.2. The van der Waals surface area contributed by atoms with Gasteiger partial charge in [0.1, 0.15) is 0 Å². The number of allylic oxidation sites excluding steroid dienone is 10. The molecule has 0 heterocycles. The zero-order valence-corrected chi connectivity index (χ0v) is 36.2. The van der Waals surface area contributed by atoms with Gasteiger partial charge in [0.15, 0.2) is 0 Å². The minimum Gasteiger partial charge on any atom is -0.334 e. The molecule has 1 aliphatic rings. The molecule has 0 fully saturated rings. The average Bonchev–Trinajstić information content (AvgIpc) is 3.34. The fraction of sp³-hybridized carbons (Fsp3) is 0.100. The predicted molar refractivity (Wildman–Crippen MR) is 269 cm³/mol. The topological polar surface area (TPSA) is 6.48 Å². The number of rotatable bonds is 13. The second-order valence-corrected chi connectivity index (χ2v) is 15.5. The fourth-order valence-corrected chi connectivity index (χ4v) is 8.37. The lowest BCUT2D eigenvalue weighted by molar-refractivity contribution is 0.787. The summed E-state index contributed by atoms with van der Waals surface area (Å²) in [6.07, 6.45) is 20.8. The van der Waals surface area contributed by atoms with E-state index in [-0.39, 0.29) is 6.04 Å². The van der Waals surface area contributed by atoms with Crippen LogP contribution in [-0.2, 0) is 0 Å². The average molecular weight is 803 g/mol. The minimum atomic E-state index is 0.171. The Balaban J connectivity index is 1.09. The van der Waals surface area contributed by atoms with Crippen LogP contribution < -0.4 is 9.80 Å². The summed E-state index contributed by atoms with van der Waals surface area (Å²) in [5, 5.41) is 0. The number of anilines is 5. The molecule has 1 unspecified atom stereocenters. The third kappa shape index (κ3) is 9.31. The van der Waals surface area contributed by atoms with Crippen molar-refractivity contribution in [3.05, 3.63) is 253 Å². The van der Waals surface area contributed by atoms with E-state index in [1.807, 2.05) is 0 Å². The van der Waals surface area contributed by atoms with Crippen molar-refractivity contribution in [2.24, 2.45) is 0 Å². The summed E-state index contributed by atoms with van der Waals surface area (Å²) in [7, 11) is 0. The highest BCUT2D eigenvalue weighted by Gasteiger charge is 2.21. The van der Waals surface area contributed by atoms with Gasteiger partial charge in [0.05, 0.1) is 6.04 Å². The zero-order chi connectivity index (χ0) is 42.7. The summed E-state index contributed by atoms with van der Waals surface area (Å²) in [6.45, 7) is 8.31. The van der Waals surface area contributed by atoms with E-state index in [9.17, 15) is 0 Å². The lowest BCUT2D eigenvalue weighted by Crippen LogP contribution is -2.30. The first-order valence-electron chi connectivity index (χ1n) is 21.7. The van der Waals surface area contributed by atoms with Crippen LogP contribution in [0.2, 0.25) is 0 Å². The summed E-state index contributed by atoms with van der Waals surface area (Å²) < 4.78 is 0. The Hall–Kier alpha value is -7.42. The van der Waals surface area contributed by atoms with E-state index < -0.39 is 0 Å². The molecule has 0 amide bonds. The summed E-state index contributed by atoms with van der Waals surface area (Å²) in [6, 6.07) is 66.2. The smallest absolute Gasteiger partial charge is 0.0560 e. The number of nitrogens with zero attached hydrogens (tertiary/aromatic N) is 2. The Kier molecular flexibility index (Phi) is 13.2. The number of hydrogen-bond donors (Lipinski definition) is 0. The van der Waals surface area contributed by atoms with E-state index in [4.69, 9.17) is 0 Å². The Bertz CT molecular complexity index is 2730. The molecular weight excluding hydrogens is 749 g/mol. The molecule has 2 nitrogen and oxygen atoms in total. The molecule has 0 bridgehead atoms. The lowest BCUT2D eigenvalue weighted by atomic mass is 9.95. The van der Waals surface area contributed by atoms with Crippen molar-refractivity contribution in [1.29, 1.82) is 0 Å². The molecule has 0 radical (unpaired) electrons. The van der Waals surface area contributed by atoms with E-state index in [0.717, 1.165) is 29.2 Å². The van der Waals surface area contributed by atoms with Gasteiger partial charge < -0.3 is 9.80 Å². The van der Waals surface area contributed by atoms with Crippen molar-refractivity contribution in [1.82, 2.24) is 0 Å². The largest absolute Gasteiger partial charge is 0.334 e. The minimum absolute atomic E-state index is 0.171. The molecule has 304 valence electrons. The van der Waals surface area contributed by atoms with Gasteiger partial charge in [0, 0.05) is 28.4 Å². The van der Waals surface area contributed by atoms with Gasteiger partial charge in [0.25, 0.3) is 0 Å². The van der Waals surface area contributed by atoms with E-state index >= 15 is 0 Å². The van der Waals surface area contributed by atoms with E-state index in [0.29, 0.717) is 0 Å². The summed E-state index contributed by atoms with van der Waals surface area (Å²) >= 11 is 0. The van der Waals surface area contributed by atoms with Crippen molar-refractivity contribution >= 4 is 45.2 Å². The van der Waals surface area contributed by atoms with Crippen LogP contribution >= 0.6 is 0 Å². The standard InChI is InChI=1S/C60H54N2/c1-5-15-45(7-3)49-21-33-55(34-22-49)61(57-37-25-51(26-38-57)47-17-11-9-12-18-47)59-41-29-53(30-42-59)54-31-43-60(44-32-54)62(56-35-23-50(24-36-56)46(8-4)16-6-2)58-39-27-52(28-40-58)48-19-13-10-14-20-48/h5-39,41-44,58H,40H2,1-4H3/b15-5-,16-6-,45-7+,46-8+. The van der Waals surface area contributed by atoms with Gasteiger partial charge in [-0.3, -0.25) is 0 Å². The zero-order valence-electron chi connectivity index (χ0n) is 36.2. The van der Waals surface area contributed by atoms with Gasteiger partial charge in [-0.25, -0.2) is 0 Å². The van der Waals surface area contributed by atoms with Crippen LogP contribution in [0.5, 0.6) is 0 Å². The molecule has 0 spiro atoms. The normalized spacial score (nSPS) is 14.3. The van der Waals surface area contributed by atoms with Crippen LogP contribution in [0.3, 0.4) is 0 Å². The molecule has 0 aromatic heterocycles. The Labute approximate surface area is 369 Å². The van der Waals surface area contributed by atoms with E-state index in [1.54, 1.807) is 0 Å². The second kappa shape index (κ2) is 19.8. The number of benzene rings is 7. The molecular formula is C60H54N2. The first kappa shape index (κ1) is 41.3. The lowest BCUT2D eigenvalue weighted by Gasteiger charge is -2.33. The van der Waals surface area contributed by atoms with Gasteiger partial charge in [-0.2, -0.15) is 0 Å². The second-order valence-electron chi connectivity index (χ2n) is 15.5. The van der Waals surface area contributed by atoms with Crippen LogP contribution in [0.4, 0.5) is 28.4 Å². The van der Waals surface area contributed by atoms with Crippen molar-refractivity contribution in [2.45, 2.75) is 40.2 Å². The van der Waals surface area contributed by atoms with Gasteiger partial charge >= 0.3 is 0 Å². The molecule has 7 aromatic carbocycles. The Morgan fingerprint density at radius 2 is 0.790 bits per heavy atom. The Morgan fingerprint density at radius 3 is 1.18 bits per heavy atom. The highest BCUT2D eigenvalue weighted by Crippen LogP contribution is 2.39. The maximum absolute atomic E-state index is 2.47. The molecule has 0 saturated heterocycles. The predicted octanol–water partition coefficient (Wildman–Crippen LogP) is 17.0.